The number of alkyl halides is 2. The van der Waals surface area contributed by atoms with Crippen LogP contribution in [0.25, 0.3) is 0 Å². The van der Waals surface area contributed by atoms with Crippen LogP contribution >= 0.6 is 11.6 Å². The summed E-state index contributed by atoms with van der Waals surface area (Å²) in [5, 5.41) is 9.70. The molecule has 2 aliphatic heterocycles. The van der Waals surface area contributed by atoms with E-state index in [4.69, 9.17) is 16.3 Å². The smallest absolute Gasteiger partial charge is 0.387 e. The molecule has 1 aromatic heterocycles. The fourth-order valence-corrected chi connectivity index (χ4v) is 5.48. The van der Waals surface area contributed by atoms with Gasteiger partial charge in [0.2, 0.25) is 11.9 Å². The highest BCUT2D eigenvalue weighted by Crippen LogP contribution is 2.40. The van der Waals surface area contributed by atoms with Gasteiger partial charge in [-0.25, -0.2) is 9.97 Å². The Morgan fingerprint density at radius 3 is 2.74 bits per heavy atom. The van der Waals surface area contributed by atoms with Crippen LogP contribution in [0.5, 0.6) is 5.75 Å². The van der Waals surface area contributed by atoms with E-state index in [2.05, 4.69) is 25.9 Å². The molecular formula is C28H30ClF2N5O2. The molecule has 3 aromatic rings. The molecule has 200 valence electrons. The minimum Gasteiger partial charge on any atom is -0.433 e. The van der Waals surface area contributed by atoms with Crippen molar-refractivity contribution in [2.24, 2.45) is 0 Å². The highest BCUT2D eigenvalue weighted by Gasteiger charge is 2.39. The number of nitrogens with one attached hydrogen (secondary N) is 3. The maximum absolute atomic E-state index is 13.2. The van der Waals surface area contributed by atoms with Gasteiger partial charge >= 0.3 is 6.61 Å². The fraction of sp³-hybridized carbons (Fsp3) is 0.393. The Balaban J connectivity index is 1.36. The fourth-order valence-electron chi connectivity index (χ4n) is 5.30. The van der Waals surface area contributed by atoms with E-state index in [9.17, 15) is 13.6 Å². The molecule has 38 heavy (non-hydrogen) atoms. The molecule has 0 unspecified atom stereocenters. The number of aromatic nitrogens is 2. The Kier molecular flexibility index (Phi) is 7.49. The summed E-state index contributed by atoms with van der Waals surface area (Å²) in [4.78, 5) is 21.3. The zero-order valence-electron chi connectivity index (χ0n) is 21.3. The maximum Gasteiger partial charge on any atom is 0.387 e. The summed E-state index contributed by atoms with van der Waals surface area (Å²) in [5.41, 5.74) is 4.15. The van der Waals surface area contributed by atoms with Crippen molar-refractivity contribution >= 4 is 34.8 Å². The molecule has 7 nitrogen and oxygen atoms in total. The normalized spacial score (nSPS) is 16.8. The lowest BCUT2D eigenvalue weighted by Crippen LogP contribution is -2.27. The van der Waals surface area contributed by atoms with Gasteiger partial charge < -0.3 is 20.7 Å². The van der Waals surface area contributed by atoms with Gasteiger partial charge in [-0.2, -0.15) is 8.78 Å². The first-order valence-electron chi connectivity index (χ1n) is 12.7. The first-order chi connectivity index (χ1) is 18.2. The zero-order chi connectivity index (χ0) is 26.9. The molecule has 0 spiro atoms. The molecule has 1 fully saturated rings. The van der Waals surface area contributed by atoms with Gasteiger partial charge in [0.1, 0.15) is 5.75 Å². The molecule has 0 bridgehead atoms. The highest BCUT2D eigenvalue weighted by atomic mass is 35.5. The van der Waals surface area contributed by atoms with E-state index in [1.54, 1.807) is 12.1 Å². The number of halogens is 3. The molecule has 3 N–H and O–H groups in total. The first-order valence-corrected chi connectivity index (χ1v) is 13.1. The summed E-state index contributed by atoms with van der Waals surface area (Å²) in [5.74, 6) is 0.544. The van der Waals surface area contributed by atoms with Gasteiger partial charge in [0.15, 0.2) is 0 Å². The predicted octanol–water partition coefficient (Wildman–Crippen LogP) is 5.96. The molecule has 2 aliphatic rings. The largest absolute Gasteiger partial charge is 0.433 e. The van der Waals surface area contributed by atoms with Crippen LogP contribution in [0.2, 0.25) is 5.02 Å². The van der Waals surface area contributed by atoms with Crippen LogP contribution in [-0.2, 0) is 23.1 Å². The summed E-state index contributed by atoms with van der Waals surface area (Å²) in [6.07, 6.45) is 4.50. The number of hydrogen-bond donors (Lipinski definition) is 3. The van der Waals surface area contributed by atoms with Crippen molar-refractivity contribution < 1.29 is 18.3 Å². The number of aryl methyl sites for hydroxylation is 2. The minimum atomic E-state index is -2.96. The van der Waals surface area contributed by atoms with Gasteiger partial charge in [-0.05, 0) is 93.4 Å². The Morgan fingerprint density at radius 2 is 1.97 bits per heavy atom. The molecule has 2 aromatic carbocycles. The molecular weight excluding hydrogens is 512 g/mol. The number of ether oxygens (including phenoxy) is 1. The molecule has 1 saturated heterocycles. The number of benzene rings is 2. The lowest BCUT2D eigenvalue weighted by Gasteiger charge is -2.24. The number of amides is 1. The average Bonchev–Trinajstić information content (AvgIpc) is 3.13. The van der Waals surface area contributed by atoms with Crippen molar-refractivity contribution in [3.8, 4) is 5.75 Å². The van der Waals surface area contributed by atoms with Crippen molar-refractivity contribution in [1.29, 1.82) is 0 Å². The summed E-state index contributed by atoms with van der Waals surface area (Å²) in [6.45, 7) is 2.65. The van der Waals surface area contributed by atoms with E-state index in [0.29, 0.717) is 35.2 Å². The minimum absolute atomic E-state index is 0.0282. The van der Waals surface area contributed by atoms with E-state index >= 15 is 0 Å². The second kappa shape index (κ2) is 10.8. The summed E-state index contributed by atoms with van der Waals surface area (Å²) in [7, 11) is 0. The Morgan fingerprint density at radius 1 is 1.18 bits per heavy atom. The van der Waals surface area contributed by atoms with Crippen molar-refractivity contribution in [1.82, 2.24) is 15.3 Å². The maximum atomic E-state index is 13.2. The molecule has 0 aliphatic carbocycles. The van der Waals surface area contributed by atoms with Gasteiger partial charge in [-0.15, -0.1) is 0 Å². The highest BCUT2D eigenvalue weighted by molar-refractivity contribution is 6.31. The SMILES string of the molecule is CC1(C)C(=O)Nc2cccc(CCc3nc(Nc4ccc(C5CCNCC5)cc4OC(F)F)ncc3Cl)c21. The van der Waals surface area contributed by atoms with Crippen molar-refractivity contribution in [3.05, 3.63) is 70.0 Å². The number of rotatable bonds is 8. The quantitative estimate of drug-likeness (QED) is 0.326. The van der Waals surface area contributed by atoms with Crippen LogP contribution in [0.3, 0.4) is 0 Å². The van der Waals surface area contributed by atoms with Crippen LogP contribution in [0, 0.1) is 0 Å². The number of carbonyl (C=O) groups excluding carboxylic acids is 1. The van der Waals surface area contributed by atoms with E-state index in [-0.39, 0.29) is 17.6 Å². The second-order valence-electron chi connectivity index (χ2n) is 10.2. The van der Waals surface area contributed by atoms with Crippen LogP contribution in [0.1, 0.15) is 55.0 Å². The van der Waals surface area contributed by atoms with Crippen molar-refractivity contribution in [3.63, 3.8) is 0 Å². The van der Waals surface area contributed by atoms with Crippen LogP contribution in [-0.4, -0.2) is 35.6 Å². The van der Waals surface area contributed by atoms with E-state index in [0.717, 1.165) is 48.3 Å². The van der Waals surface area contributed by atoms with Gasteiger partial charge in [-0.1, -0.05) is 29.8 Å². The average molecular weight is 542 g/mol. The summed E-state index contributed by atoms with van der Waals surface area (Å²) in [6, 6.07) is 11.2. The molecule has 5 rings (SSSR count). The number of nitrogens with zero attached hydrogens (tertiary/aromatic N) is 2. The topological polar surface area (TPSA) is 88.2 Å². The van der Waals surface area contributed by atoms with Crippen molar-refractivity contribution in [2.45, 2.75) is 57.5 Å². The molecule has 0 radical (unpaired) electrons. The van der Waals surface area contributed by atoms with Gasteiger partial charge in [0.25, 0.3) is 0 Å². The van der Waals surface area contributed by atoms with E-state index < -0.39 is 12.0 Å². The standard InChI is InChI=1S/C28H30ClF2N5O2/c1-28(2)24-17(4-3-5-22(24)34-25(28)37)6-8-20-19(29)15-33-27(35-20)36-21-9-7-18(14-23(21)38-26(30)31)16-10-12-32-13-11-16/h3-5,7,9,14-16,26,32H,6,8,10-13H2,1-2H3,(H,34,37)(H,33,35,36). The first kappa shape index (κ1) is 26.3. The summed E-state index contributed by atoms with van der Waals surface area (Å²) >= 11 is 6.42. The second-order valence-corrected chi connectivity index (χ2v) is 10.6. The lowest BCUT2D eigenvalue weighted by atomic mass is 9.82. The third-order valence-electron chi connectivity index (χ3n) is 7.32. The number of fused-ring (bicyclic) bond motifs is 1. The van der Waals surface area contributed by atoms with E-state index in [1.807, 2.05) is 38.1 Å². The third kappa shape index (κ3) is 5.44. The van der Waals surface area contributed by atoms with Gasteiger partial charge in [-0.3, -0.25) is 4.79 Å². The number of carbonyl (C=O) groups is 1. The Labute approximate surface area is 225 Å². The van der Waals surface area contributed by atoms with Gasteiger partial charge in [0.05, 0.1) is 28.0 Å². The Hall–Kier alpha value is -3.30. The van der Waals surface area contributed by atoms with Crippen LogP contribution in [0.4, 0.5) is 26.1 Å². The van der Waals surface area contributed by atoms with Crippen molar-refractivity contribution in [2.75, 3.05) is 23.7 Å². The lowest BCUT2D eigenvalue weighted by molar-refractivity contribution is -0.119. The molecule has 0 atom stereocenters. The molecule has 0 saturated carbocycles. The zero-order valence-corrected chi connectivity index (χ0v) is 22.0. The van der Waals surface area contributed by atoms with Crippen LogP contribution < -0.4 is 20.7 Å². The number of anilines is 3. The molecule has 1 amide bonds. The number of hydrogen-bond acceptors (Lipinski definition) is 6. The van der Waals surface area contributed by atoms with E-state index in [1.165, 1.54) is 6.20 Å². The Bertz CT molecular complexity index is 1340. The van der Waals surface area contributed by atoms with Gasteiger partial charge in [0, 0.05) is 5.69 Å². The number of piperidine rings is 1. The molecule has 3 heterocycles. The predicted molar refractivity (Wildman–Crippen MR) is 144 cm³/mol. The monoisotopic (exact) mass is 541 g/mol. The third-order valence-corrected chi connectivity index (χ3v) is 7.63. The van der Waals surface area contributed by atoms with Crippen LogP contribution in [0.15, 0.2) is 42.6 Å². The summed E-state index contributed by atoms with van der Waals surface area (Å²) < 4.78 is 31.3. The molecule has 10 heteroatoms.